The van der Waals surface area contributed by atoms with Gasteiger partial charge in [0, 0.05) is 31.8 Å². The van der Waals surface area contributed by atoms with Gasteiger partial charge in [-0.05, 0) is 49.9 Å². The fourth-order valence-corrected chi connectivity index (χ4v) is 4.58. The van der Waals surface area contributed by atoms with Gasteiger partial charge in [0.05, 0.1) is 11.0 Å². The van der Waals surface area contributed by atoms with E-state index in [0.29, 0.717) is 19.6 Å². The summed E-state index contributed by atoms with van der Waals surface area (Å²) >= 11 is 0. The van der Waals surface area contributed by atoms with Gasteiger partial charge in [-0.1, -0.05) is 0 Å². The molecule has 0 saturated carbocycles. The number of carbonyl (C=O) groups excluding carboxylic acids is 1. The van der Waals surface area contributed by atoms with Gasteiger partial charge in [0.1, 0.15) is 0 Å². The van der Waals surface area contributed by atoms with Crippen LogP contribution in [0.5, 0.6) is 0 Å². The van der Waals surface area contributed by atoms with Crippen molar-refractivity contribution < 1.29 is 17.9 Å². The molecule has 6 nitrogen and oxygen atoms in total. The monoisotopic (exact) mass is 338 g/mol. The summed E-state index contributed by atoms with van der Waals surface area (Å²) in [5.74, 6) is -0.0236. The molecular weight excluding hydrogens is 316 g/mol. The first-order chi connectivity index (χ1) is 10.9. The molecule has 3 rings (SSSR count). The third-order valence-corrected chi connectivity index (χ3v) is 6.06. The molecule has 7 heteroatoms. The highest BCUT2D eigenvalue weighted by Crippen LogP contribution is 2.30. The van der Waals surface area contributed by atoms with Crippen molar-refractivity contribution in [3.63, 3.8) is 0 Å². The van der Waals surface area contributed by atoms with Gasteiger partial charge in [0.15, 0.2) is 0 Å². The van der Waals surface area contributed by atoms with Crippen LogP contribution in [0.1, 0.15) is 32.3 Å². The number of nitrogens with zero attached hydrogens (tertiary/aromatic N) is 1. The first-order valence-electron chi connectivity index (χ1n) is 7.93. The first-order valence-corrected chi connectivity index (χ1v) is 9.42. The maximum absolute atomic E-state index is 12.6. The summed E-state index contributed by atoms with van der Waals surface area (Å²) < 4.78 is 33.4. The molecule has 0 bridgehead atoms. The Hall–Kier alpha value is -1.44. The summed E-state index contributed by atoms with van der Waals surface area (Å²) in [5.41, 5.74) is 1.71. The number of anilines is 1. The molecule has 1 aromatic carbocycles. The number of hydrogen-bond acceptors (Lipinski definition) is 4. The van der Waals surface area contributed by atoms with E-state index in [1.165, 1.54) is 6.92 Å². The molecular formula is C16H22N2O4S. The molecule has 1 aromatic rings. The fourth-order valence-electron chi connectivity index (χ4n) is 3.26. The Morgan fingerprint density at radius 3 is 2.87 bits per heavy atom. The molecule has 0 aliphatic carbocycles. The van der Waals surface area contributed by atoms with Gasteiger partial charge in [0.2, 0.25) is 15.9 Å². The Labute approximate surface area is 136 Å². The van der Waals surface area contributed by atoms with Gasteiger partial charge in [-0.25, -0.2) is 13.1 Å². The predicted octanol–water partition coefficient (Wildman–Crippen LogP) is 1.44. The molecule has 0 spiro atoms. The molecule has 1 saturated heterocycles. The number of amides is 1. The minimum absolute atomic E-state index is 0.0236. The number of fused-ring (bicyclic) bond motifs is 1. The van der Waals surface area contributed by atoms with E-state index in [0.717, 1.165) is 24.1 Å². The predicted molar refractivity (Wildman–Crippen MR) is 86.9 cm³/mol. The van der Waals surface area contributed by atoms with Crippen LogP contribution in [0.4, 0.5) is 5.69 Å². The van der Waals surface area contributed by atoms with Crippen molar-refractivity contribution in [1.82, 2.24) is 4.72 Å². The van der Waals surface area contributed by atoms with Crippen LogP contribution < -0.4 is 9.62 Å². The number of rotatable bonds is 4. The Balaban J connectivity index is 1.80. The summed E-state index contributed by atoms with van der Waals surface area (Å²) in [6.45, 7) is 4.65. The topological polar surface area (TPSA) is 75.7 Å². The molecule has 23 heavy (non-hydrogen) atoms. The average molecular weight is 338 g/mol. The first kappa shape index (κ1) is 16.4. The number of nitrogens with one attached hydrogen (secondary N) is 1. The lowest BCUT2D eigenvalue weighted by molar-refractivity contribution is -0.116. The Morgan fingerprint density at radius 1 is 1.43 bits per heavy atom. The van der Waals surface area contributed by atoms with Crippen molar-refractivity contribution in [2.24, 2.45) is 0 Å². The molecule has 2 heterocycles. The van der Waals surface area contributed by atoms with Crippen LogP contribution in [-0.2, 0) is 26.0 Å². The van der Waals surface area contributed by atoms with Crippen LogP contribution in [0.25, 0.3) is 0 Å². The number of ether oxygens (including phenoxy) is 1. The Morgan fingerprint density at radius 2 is 2.22 bits per heavy atom. The largest absolute Gasteiger partial charge is 0.377 e. The Kier molecular flexibility index (Phi) is 4.44. The van der Waals surface area contributed by atoms with E-state index in [-0.39, 0.29) is 22.9 Å². The minimum Gasteiger partial charge on any atom is -0.377 e. The second-order valence-electron chi connectivity index (χ2n) is 6.17. The van der Waals surface area contributed by atoms with Crippen molar-refractivity contribution in [2.45, 2.75) is 50.2 Å². The zero-order chi connectivity index (χ0) is 16.6. The van der Waals surface area contributed by atoms with E-state index in [1.807, 2.05) is 6.92 Å². The SMILES string of the molecule is CC(=O)N1CCc2cc(S(=O)(=O)N[C@H](C)[C@H]3CCCO3)ccc21. The van der Waals surface area contributed by atoms with Crippen LogP contribution >= 0.6 is 0 Å². The molecule has 2 atom stereocenters. The van der Waals surface area contributed by atoms with E-state index < -0.39 is 10.0 Å². The summed E-state index contributed by atoms with van der Waals surface area (Å²) in [5, 5.41) is 0. The summed E-state index contributed by atoms with van der Waals surface area (Å²) in [7, 11) is -3.59. The molecule has 2 aliphatic heterocycles. The van der Waals surface area contributed by atoms with Gasteiger partial charge < -0.3 is 9.64 Å². The van der Waals surface area contributed by atoms with Crippen molar-refractivity contribution >= 4 is 21.6 Å². The van der Waals surface area contributed by atoms with Crippen LogP contribution in [0.15, 0.2) is 23.1 Å². The summed E-state index contributed by atoms with van der Waals surface area (Å²) in [4.78, 5) is 13.5. The van der Waals surface area contributed by atoms with Crippen LogP contribution in [0.3, 0.4) is 0 Å². The highest BCUT2D eigenvalue weighted by Gasteiger charge is 2.29. The average Bonchev–Trinajstić information content (AvgIpc) is 3.15. The second-order valence-corrected chi connectivity index (χ2v) is 7.89. The smallest absolute Gasteiger partial charge is 0.240 e. The van der Waals surface area contributed by atoms with Gasteiger partial charge in [0.25, 0.3) is 0 Å². The standard InChI is InChI=1S/C16H22N2O4S/c1-11(16-4-3-9-22-16)17-23(20,21)14-5-6-15-13(10-14)7-8-18(15)12(2)19/h5-6,10-11,16-17H,3-4,7-9H2,1-2H3/t11-,16-/m1/s1. The van der Waals surface area contributed by atoms with Crippen molar-refractivity contribution in [1.29, 1.82) is 0 Å². The molecule has 1 amide bonds. The number of hydrogen-bond donors (Lipinski definition) is 1. The fraction of sp³-hybridized carbons (Fsp3) is 0.562. The van der Waals surface area contributed by atoms with Crippen molar-refractivity contribution in [2.75, 3.05) is 18.1 Å². The zero-order valence-corrected chi connectivity index (χ0v) is 14.2. The molecule has 0 aromatic heterocycles. The highest BCUT2D eigenvalue weighted by atomic mass is 32.2. The second kappa shape index (κ2) is 6.22. The van der Waals surface area contributed by atoms with E-state index in [4.69, 9.17) is 4.74 Å². The number of benzene rings is 1. The lowest BCUT2D eigenvalue weighted by Crippen LogP contribution is -2.40. The summed E-state index contributed by atoms with van der Waals surface area (Å²) in [6.07, 6.45) is 2.46. The van der Waals surface area contributed by atoms with Gasteiger partial charge >= 0.3 is 0 Å². The quantitative estimate of drug-likeness (QED) is 0.901. The van der Waals surface area contributed by atoms with E-state index >= 15 is 0 Å². The van der Waals surface area contributed by atoms with Crippen LogP contribution in [0.2, 0.25) is 0 Å². The minimum atomic E-state index is -3.59. The zero-order valence-electron chi connectivity index (χ0n) is 13.4. The van der Waals surface area contributed by atoms with Crippen LogP contribution in [-0.4, -0.2) is 39.6 Å². The van der Waals surface area contributed by atoms with E-state index in [1.54, 1.807) is 23.1 Å². The van der Waals surface area contributed by atoms with Gasteiger partial charge in [-0.15, -0.1) is 0 Å². The lowest BCUT2D eigenvalue weighted by atomic mass is 10.1. The third-order valence-electron chi connectivity index (χ3n) is 4.50. The number of sulfonamides is 1. The molecule has 2 aliphatic rings. The maximum Gasteiger partial charge on any atom is 0.240 e. The molecule has 1 N–H and O–H groups in total. The lowest BCUT2D eigenvalue weighted by Gasteiger charge is -2.20. The maximum atomic E-state index is 12.6. The number of carbonyl (C=O) groups is 1. The normalized spacial score (nSPS) is 22.2. The highest BCUT2D eigenvalue weighted by molar-refractivity contribution is 7.89. The molecule has 1 fully saturated rings. The Bertz CT molecular complexity index is 711. The van der Waals surface area contributed by atoms with Gasteiger partial charge in [-0.3, -0.25) is 4.79 Å². The molecule has 126 valence electrons. The van der Waals surface area contributed by atoms with E-state index in [9.17, 15) is 13.2 Å². The van der Waals surface area contributed by atoms with Crippen LogP contribution in [0, 0.1) is 0 Å². The van der Waals surface area contributed by atoms with Crippen molar-refractivity contribution in [3.8, 4) is 0 Å². The van der Waals surface area contributed by atoms with Gasteiger partial charge in [-0.2, -0.15) is 0 Å². The van der Waals surface area contributed by atoms with Crippen molar-refractivity contribution in [3.05, 3.63) is 23.8 Å². The third kappa shape index (κ3) is 3.27. The van der Waals surface area contributed by atoms with E-state index in [2.05, 4.69) is 4.72 Å². The summed E-state index contributed by atoms with van der Waals surface area (Å²) in [6, 6.07) is 4.69. The molecule has 0 radical (unpaired) electrons. The molecule has 0 unspecified atom stereocenters.